The Kier molecular flexibility index (Phi) is 2.10. The van der Waals surface area contributed by atoms with Crippen molar-refractivity contribution in [1.29, 1.82) is 0 Å². The van der Waals surface area contributed by atoms with Crippen LogP contribution in [0.5, 0.6) is 0 Å². The summed E-state index contributed by atoms with van der Waals surface area (Å²) in [4.78, 5) is 0. The molecular weight excluding hydrogens is 143 g/mol. The van der Waals surface area contributed by atoms with Gasteiger partial charge in [-0.15, -0.1) is 0 Å². The third-order valence-electron chi connectivity index (χ3n) is 1.68. The fraction of sp³-hybridized carbons (Fsp3) is 0.250. The van der Waals surface area contributed by atoms with E-state index in [2.05, 4.69) is 0 Å². The van der Waals surface area contributed by atoms with Crippen molar-refractivity contribution in [2.24, 2.45) is 5.73 Å². The molecule has 0 radical (unpaired) electrons. The Bertz CT molecular complexity index is 248. The van der Waals surface area contributed by atoms with Gasteiger partial charge in [0, 0.05) is 17.8 Å². The molecule has 0 aliphatic heterocycles. The molecule has 11 heavy (non-hydrogen) atoms. The molecule has 1 aromatic carbocycles. The fourth-order valence-corrected chi connectivity index (χ4v) is 0.876. The number of halogens is 1. The zero-order valence-electron chi connectivity index (χ0n) is 6.39. The molecule has 4 N–H and O–H groups in total. The topological polar surface area (TPSA) is 52.0 Å². The average Bonchev–Trinajstić information content (AvgIpc) is 1.99. The highest BCUT2D eigenvalue weighted by Crippen LogP contribution is 2.16. The lowest BCUT2D eigenvalue weighted by Crippen LogP contribution is -2.01. The summed E-state index contributed by atoms with van der Waals surface area (Å²) < 4.78 is 12.9. The fourth-order valence-electron chi connectivity index (χ4n) is 0.876. The summed E-state index contributed by atoms with van der Waals surface area (Å²) in [7, 11) is 0. The average molecular weight is 154 g/mol. The summed E-state index contributed by atoms with van der Waals surface area (Å²) in [5.41, 5.74) is 12.5. The first-order chi connectivity index (χ1) is 5.15. The second kappa shape index (κ2) is 2.88. The molecule has 0 bridgehead atoms. The SMILES string of the molecule is Cc1c(N)cc(CN)cc1F. The Morgan fingerprint density at radius 2 is 2.09 bits per heavy atom. The molecule has 0 fully saturated rings. The van der Waals surface area contributed by atoms with Gasteiger partial charge in [-0.05, 0) is 24.6 Å². The minimum absolute atomic E-state index is 0.287. The molecular formula is C8H11FN2. The van der Waals surface area contributed by atoms with Crippen LogP contribution in [0.15, 0.2) is 12.1 Å². The summed E-state index contributed by atoms with van der Waals surface area (Å²) in [5, 5.41) is 0. The van der Waals surface area contributed by atoms with Gasteiger partial charge in [0.1, 0.15) is 5.82 Å². The molecule has 0 spiro atoms. The van der Waals surface area contributed by atoms with Gasteiger partial charge in [0.2, 0.25) is 0 Å². The van der Waals surface area contributed by atoms with E-state index in [1.807, 2.05) is 0 Å². The van der Waals surface area contributed by atoms with Gasteiger partial charge in [0.15, 0.2) is 0 Å². The molecule has 0 aromatic heterocycles. The zero-order valence-corrected chi connectivity index (χ0v) is 6.39. The van der Waals surface area contributed by atoms with Gasteiger partial charge in [-0.25, -0.2) is 4.39 Å². The lowest BCUT2D eigenvalue weighted by molar-refractivity contribution is 0.617. The molecule has 0 unspecified atom stereocenters. The van der Waals surface area contributed by atoms with E-state index < -0.39 is 0 Å². The van der Waals surface area contributed by atoms with Gasteiger partial charge in [-0.1, -0.05) is 0 Å². The maximum absolute atomic E-state index is 12.9. The van der Waals surface area contributed by atoms with Crippen molar-refractivity contribution in [2.75, 3.05) is 5.73 Å². The number of hydrogen-bond donors (Lipinski definition) is 2. The van der Waals surface area contributed by atoms with Crippen molar-refractivity contribution in [2.45, 2.75) is 13.5 Å². The molecule has 0 amide bonds. The van der Waals surface area contributed by atoms with E-state index in [9.17, 15) is 4.39 Å². The Morgan fingerprint density at radius 3 is 2.55 bits per heavy atom. The molecule has 0 aliphatic carbocycles. The molecule has 0 heterocycles. The maximum atomic E-state index is 12.9. The molecule has 0 aliphatic rings. The van der Waals surface area contributed by atoms with Gasteiger partial charge < -0.3 is 11.5 Å². The summed E-state index contributed by atoms with van der Waals surface area (Å²) in [6, 6.07) is 3.10. The van der Waals surface area contributed by atoms with Crippen LogP contribution in [-0.4, -0.2) is 0 Å². The van der Waals surface area contributed by atoms with Gasteiger partial charge in [-0.3, -0.25) is 0 Å². The van der Waals surface area contributed by atoms with E-state index in [1.54, 1.807) is 13.0 Å². The van der Waals surface area contributed by atoms with Crippen LogP contribution in [0.25, 0.3) is 0 Å². The first-order valence-electron chi connectivity index (χ1n) is 3.39. The van der Waals surface area contributed by atoms with Crippen molar-refractivity contribution >= 4 is 5.69 Å². The zero-order chi connectivity index (χ0) is 8.43. The van der Waals surface area contributed by atoms with Crippen molar-refractivity contribution in [3.63, 3.8) is 0 Å². The van der Waals surface area contributed by atoms with E-state index in [-0.39, 0.29) is 5.82 Å². The Morgan fingerprint density at radius 1 is 1.45 bits per heavy atom. The smallest absolute Gasteiger partial charge is 0.128 e. The van der Waals surface area contributed by atoms with Gasteiger partial charge >= 0.3 is 0 Å². The van der Waals surface area contributed by atoms with Crippen LogP contribution in [0.1, 0.15) is 11.1 Å². The minimum Gasteiger partial charge on any atom is -0.398 e. The lowest BCUT2D eigenvalue weighted by atomic mass is 10.1. The number of hydrogen-bond acceptors (Lipinski definition) is 2. The normalized spacial score (nSPS) is 10.1. The first kappa shape index (κ1) is 8.01. The van der Waals surface area contributed by atoms with Crippen LogP contribution in [0.4, 0.5) is 10.1 Å². The number of rotatable bonds is 1. The van der Waals surface area contributed by atoms with E-state index >= 15 is 0 Å². The minimum atomic E-state index is -0.287. The second-order valence-electron chi connectivity index (χ2n) is 2.50. The van der Waals surface area contributed by atoms with E-state index in [1.165, 1.54) is 6.07 Å². The predicted octanol–water partition coefficient (Wildman–Crippen LogP) is 1.18. The number of benzene rings is 1. The highest BCUT2D eigenvalue weighted by Gasteiger charge is 2.02. The molecule has 60 valence electrons. The van der Waals surface area contributed by atoms with Crippen LogP contribution in [0, 0.1) is 12.7 Å². The highest BCUT2D eigenvalue weighted by molar-refractivity contribution is 5.49. The second-order valence-corrected chi connectivity index (χ2v) is 2.50. The summed E-state index contributed by atoms with van der Waals surface area (Å²) in [6.07, 6.45) is 0. The molecule has 3 heteroatoms. The molecule has 0 saturated carbocycles. The largest absolute Gasteiger partial charge is 0.398 e. The van der Waals surface area contributed by atoms with Crippen molar-refractivity contribution in [1.82, 2.24) is 0 Å². The lowest BCUT2D eigenvalue weighted by Gasteiger charge is -2.03. The summed E-state index contributed by atoms with van der Waals surface area (Å²) in [6.45, 7) is 1.96. The number of nitrogen functional groups attached to an aromatic ring is 1. The third-order valence-corrected chi connectivity index (χ3v) is 1.68. The summed E-state index contributed by atoms with van der Waals surface area (Å²) >= 11 is 0. The summed E-state index contributed by atoms with van der Waals surface area (Å²) in [5.74, 6) is -0.287. The van der Waals surface area contributed by atoms with E-state index in [0.29, 0.717) is 17.8 Å². The number of nitrogens with two attached hydrogens (primary N) is 2. The molecule has 2 nitrogen and oxygen atoms in total. The van der Waals surface area contributed by atoms with Crippen LogP contribution < -0.4 is 11.5 Å². The van der Waals surface area contributed by atoms with Crippen LogP contribution in [0.2, 0.25) is 0 Å². The van der Waals surface area contributed by atoms with E-state index in [0.717, 1.165) is 5.56 Å². The van der Waals surface area contributed by atoms with Crippen molar-refractivity contribution in [3.8, 4) is 0 Å². The maximum Gasteiger partial charge on any atom is 0.128 e. The quantitative estimate of drug-likeness (QED) is 0.597. The van der Waals surface area contributed by atoms with E-state index in [4.69, 9.17) is 11.5 Å². The molecule has 1 rings (SSSR count). The Labute approximate surface area is 65.0 Å². The van der Waals surface area contributed by atoms with Crippen LogP contribution in [0.3, 0.4) is 0 Å². The van der Waals surface area contributed by atoms with Crippen molar-refractivity contribution < 1.29 is 4.39 Å². The van der Waals surface area contributed by atoms with Gasteiger partial charge in [0.05, 0.1) is 0 Å². The third kappa shape index (κ3) is 1.49. The Balaban J connectivity index is 3.21. The molecule has 0 atom stereocenters. The highest BCUT2D eigenvalue weighted by atomic mass is 19.1. The Hall–Kier alpha value is -1.09. The van der Waals surface area contributed by atoms with Gasteiger partial charge in [0.25, 0.3) is 0 Å². The van der Waals surface area contributed by atoms with Crippen LogP contribution in [-0.2, 0) is 6.54 Å². The van der Waals surface area contributed by atoms with Crippen molar-refractivity contribution in [3.05, 3.63) is 29.1 Å². The number of anilines is 1. The van der Waals surface area contributed by atoms with Gasteiger partial charge in [-0.2, -0.15) is 0 Å². The standard InChI is InChI=1S/C8H11FN2/c1-5-7(9)2-6(4-10)3-8(5)11/h2-3H,4,10-11H2,1H3. The molecule has 0 saturated heterocycles. The predicted molar refractivity (Wildman–Crippen MR) is 43.4 cm³/mol. The van der Waals surface area contributed by atoms with Crippen LogP contribution >= 0.6 is 0 Å². The monoisotopic (exact) mass is 154 g/mol. The molecule has 1 aromatic rings. The first-order valence-corrected chi connectivity index (χ1v) is 3.39.